The molecule has 84 valence electrons. The highest BCUT2D eigenvalue weighted by molar-refractivity contribution is 6.02. The van der Waals surface area contributed by atoms with Crippen LogP contribution in [-0.2, 0) is 6.54 Å². The van der Waals surface area contributed by atoms with E-state index in [1.807, 2.05) is 30.5 Å². The molecule has 2 aromatic heterocycles. The molecule has 3 heteroatoms. The topological polar surface area (TPSA) is 34.9 Å². The number of aryl methyl sites for hydroxylation is 1. The Morgan fingerprint density at radius 1 is 1.24 bits per heavy atom. The van der Waals surface area contributed by atoms with Crippen LogP contribution in [0.25, 0.3) is 21.8 Å². The minimum atomic E-state index is 0.0530. The van der Waals surface area contributed by atoms with Crippen LogP contribution in [0.1, 0.15) is 6.92 Å². The third-order valence-corrected chi connectivity index (χ3v) is 3.05. The average Bonchev–Trinajstić information content (AvgIpc) is 2.39. The molecule has 2 heterocycles. The van der Waals surface area contributed by atoms with Gasteiger partial charge in [-0.3, -0.25) is 9.78 Å². The maximum absolute atomic E-state index is 11.8. The molecule has 3 nitrogen and oxygen atoms in total. The van der Waals surface area contributed by atoms with Crippen LogP contribution < -0.4 is 5.43 Å². The quantitative estimate of drug-likeness (QED) is 0.595. The first-order chi connectivity index (χ1) is 8.31. The maximum Gasteiger partial charge on any atom is 0.189 e. The van der Waals surface area contributed by atoms with E-state index < -0.39 is 0 Å². The van der Waals surface area contributed by atoms with E-state index in [4.69, 9.17) is 0 Å². The molecule has 17 heavy (non-hydrogen) atoms. The first kappa shape index (κ1) is 10.0. The van der Waals surface area contributed by atoms with Crippen LogP contribution in [-0.4, -0.2) is 9.55 Å². The summed E-state index contributed by atoms with van der Waals surface area (Å²) in [5.41, 5.74) is 1.87. The molecule has 0 aliphatic carbocycles. The number of benzene rings is 1. The van der Waals surface area contributed by atoms with E-state index in [0.717, 1.165) is 28.4 Å². The Hall–Kier alpha value is -2.16. The molecule has 0 amide bonds. The van der Waals surface area contributed by atoms with Gasteiger partial charge in [0.05, 0.1) is 11.0 Å². The van der Waals surface area contributed by atoms with Gasteiger partial charge in [0, 0.05) is 35.8 Å². The molecule has 0 saturated carbocycles. The fraction of sp³-hybridized carbons (Fsp3) is 0.143. The zero-order chi connectivity index (χ0) is 11.8. The van der Waals surface area contributed by atoms with Gasteiger partial charge in [-0.05, 0) is 19.1 Å². The molecule has 0 saturated heterocycles. The Bertz CT molecular complexity index is 759. The molecular weight excluding hydrogens is 212 g/mol. The largest absolute Gasteiger partial charge is 0.346 e. The summed E-state index contributed by atoms with van der Waals surface area (Å²) in [6.45, 7) is 2.89. The molecule has 0 N–H and O–H groups in total. The lowest BCUT2D eigenvalue weighted by Crippen LogP contribution is -2.07. The van der Waals surface area contributed by atoms with Gasteiger partial charge in [-0.2, -0.15) is 0 Å². The minimum Gasteiger partial charge on any atom is -0.346 e. The second-order valence-electron chi connectivity index (χ2n) is 4.00. The molecule has 0 aliphatic rings. The van der Waals surface area contributed by atoms with Gasteiger partial charge >= 0.3 is 0 Å². The van der Waals surface area contributed by atoms with E-state index in [1.165, 1.54) is 0 Å². The first-order valence-electron chi connectivity index (χ1n) is 5.68. The first-order valence-corrected chi connectivity index (χ1v) is 5.68. The highest BCUT2D eigenvalue weighted by Crippen LogP contribution is 2.21. The predicted molar refractivity (Wildman–Crippen MR) is 69.2 cm³/mol. The summed E-state index contributed by atoms with van der Waals surface area (Å²) in [4.78, 5) is 16.2. The lowest BCUT2D eigenvalue weighted by Gasteiger charge is -2.09. The molecule has 0 radical (unpaired) electrons. The van der Waals surface area contributed by atoms with Crippen molar-refractivity contribution in [3.05, 3.63) is 52.9 Å². The number of hydrogen-bond donors (Lipinski definition) is 0. The minimum absolute atomic E-state index is 0.0530. The Balaban J connectivity index is 2.64. The summed E-state index contributed by atoms with van der Waals surface area (Å²) in [6, 6.07) is 9.37. The van der Waals surface area contributed by atoms with Gasteiger partial charge < -0.3 is 4.57 Å². The lowest BCUT2D eigenvalue weighted by atomic mass is 10.1. The third-order valence-electron chi connectivity index (χ3n) is 3.05. The van der Waals surface area contributed by atoms with Crippen molar-refractivity contribution in [3.63, 3.8) is 0 Å². The SMILES string of the molecule is CCn1ccc(=O)c2ccc3cccnc3c21. The van der Waals surface area contributed by atoms with Crippen LogP contribution in [0.4, 0.5) is 0 Å². The van der Waals surface area contributed by atoms with E-state index in [2.05, 4.69) is 16.5 Å². The highest BCUT2D eigenvalue weighted by atomic mass is 16.1. The van der Waals surface area contributed by atoms with Crippen molar-refractivity contribution in [1.82, 2.24) is 9.55 Å². The average molecular weight is 224 g/mol. The second kappa shape index (κ2) is 3.70. The van der Waals surface area contributed by atoms with Gasteiger partial charge in [-0.1, -0.05) is 12.1 Å². The van der Waals surface area contributed by atoms with Gasteiger partial charge in [0.1, 0.15) is 0 Å². The predicted octanol–water partition coefficient (Wildman–Crippen LogP) is 2.57. The maximum atomic E-state index is 11.8. The highest BCUT2D eigenvalue weighted by Gasteiger charge is 2.06. The molecule has 0 spiro atoms. The monoisotopic (exact) mass is 224 g/mol. The van der Waals surface area contributed by atoms with Crippen LogP contribution in [0.2, 0.25) is 0 Å². The smallest absolute Gasteiger partial charge is 0.189 e. The summed E-state index contributed by atoms with van der Waals surface area (Å²) in [5, 5.41) is 1.80. The standard InChI is InChI=1S/C14H12N2O/c1-2-16-9-7-12(17)11-6-5-10-4-3-8-15-13(10)14(11)16/h3-9H,2H2,1H3. The Morgan fingerprint density at radius 3 is 2.94 bits per heavy atom. The van der Waals surface area contributed by atoms with Crippen LogP contribution in [0.5, 0.6) is 0 Å². The Labute approximate surface area is 98.3 Å². The molecule has 3 rings (SSSR count). The zero-order valence-corrected chi connectivity index (χ0v) is 9.55. The van der Waals surface area contributed by atoms with E-state index >= 15 is 0 Å². The fourth-order valence-corrected chi connectivity index (χ4v) is 2.20. The van der Waals surface area contributed by atoms with Crippen LogP contribution >= 0.6 is 0 Å². The van der Waals surface area contributed by atoms with Gasteiger partial charge in [-0.25, -0.2) is 0 Å². The summed E-state index contributed by atoms with van der Waals surface area (Å²) in [6.07, 6.45) is 3.60. The molecule has 0 atom stereocenters. The molecule has 0 bridgehead atoms. The molecule has 0 fully saturated rings. The Kier molecular flexibility index (Phi) is 2.18. The van der Waals surface area contributed by atoms with Gasteiger partial charge in [0.25, 0.3) is 0 Å². The van der Waals surface area contributed by atoms with E-state index in [9.17, 15) is 4.79 Å². The summed E-state index contributed by atoms with van der Waals surface area (Å²) < 4.78 is 2.06. The number of fused-ring (bicyclic) bond motifs is 3. The number of pyridine rings is 2. The van der Waals surface area contributed by atoms with E-state index in [-0.39, 0.29) is 5.43 Å². The van der Waals surface area contributed by atoms with Gasteiger partial charge in [0.15, 0.2) is 5.43 Å². The van der Waals surface area contributed by atoms with Crippen molar-refractivity contribution < 1.29 is 0 Å². The fourth-order valence-electron chi connectivity index (χ4n) is 2.20. The summed E-state index contributed by atoms with van der Waals surface area (Å²) >= 11 is 0. The molecule has 0 aliphatic heterocycles. The van der Waals surface area contributed by atoms with Crippen molar-refractivity contribution in [3.8, 4) is 0 Å². The van der Waals surface area contributed by atoms with Crippen molar-refractivity contribution in [1.29, 1.82) is 0 Å². The third kappa shape index (κ3) is 1.43. The van der Waals surface area contributed by atoms with Crippen LogP contribution in [0, 0.1) is 0 Å². The summed E-state index contributed by atoms with van der Waals surface area (Å²) in [5.74, 6) is 0. The van der Waals surface area contributed by atoms with Crippen molar-refractivity contribution in [2.75, 3.05) is 0 Å². The zero-order valence-electron chi connectivity index (χ0n) is 9.55. The van der Waals surface area contributed by atoms with Gasteiger partial charge in [0.2, 0.25) is 0 Å². The molecule has 3 aromatic rings. The van der Waals surface area contributed by atoms with Crippen molar-refractivity contribution >= 4 is 21.8 Å². The van der Waals surface area contributed by atoms with E-state index in [1.54, 1.807) is 12.3 Å². The van der Waals surface area contributed by atoms with Crippen molar-refractivity contribution in [2.45, 2.75) is 13.5 Å². The molecule has 1 aromatic carbocycles. The van der Waals surface area contributed by atoms with Gasteiger partial charge in [-0.15, -0.1) is 0 Å². The number of aromatic nitrogens is 2. The lowest BCUT2D eigenvalue weighted by molar-refractivity contribution is 0.789. The van der Waals surface area contributed by atoms with Crippen molar-refractivity contribution in [2.24, 2.45) is 0 Å². The normalized spacial score (nSPS) is 11.1. The Morgan fingerprint density at radius 2 is 2.12 bits per heavy atom. The van der Waals surface area contributed by atoms with Crippen LogP contribution in [0.3, 0.4) is 0 Å². The second-order valence-corrected chi connectivity index (χ2v) is 4.00. The summed E-state index contributed by atoms with van der Waals surface area (Å²) in [7, 11) is 0. The number of hydrogen-bond acceptors (Lipinski definition) is 2. The molecule has 0 unspecified atom stereocenters. The molecular formula is C14H12N2O. The van der Waals surface area contributed by atoms with Crippen LogP contribution in [0.15, 0.2) is 47.5 Å². The van der Waals surface area contributed by atoms with E-state index in [0.29, 0.717) is 0 Å². The number of rotatable bonds is 1. The number of nitrogens with zero attached hydrogens (tertiary/aromatic N) is 2.